The molecule has 0 unspecified atom stereocenters. The van der Waals surface area contributed by atoms with Gasteiger partial charge in [-0.1, -0.05) is 29.8 Å². The molecule has 1 nitrogen and oxygen atoms in total. The van der Waals surface area contributed by atoms with E-state index in [0.717, 1.165) is 16.7 Å². The number of hydrogen-bond donors (Lipinski definition) is 0. The third-order valence-corrected chi connectivity index (χ3v) is 2.80. The van der Waals surface area contributed by atoms with E-state index in [2.05, 4.69) is 11.8 Å². The van der Waals surface area contributed by atoms with Gasteiger partial charge in [0.15, 0.2) is 0 Å². The van der Waals surface area contributed by atoms with Crippen LogP contribution in [0.1, 0.15) is 18.1 Å². The smallest absolute Gasteiger partial charge is 0.303 e. The van der Waals surface area contributed by atoms with E-state index in [-0.39, 0.29) is 23.5 Å². The number of carbonyl (C=O) groups is 1. The first kappa shape index (κ1) is 16.0. The monoisotopic (exact) mass is 329 g/mol. The second-order valence-corrected chi connectivity index (χ2v) is 4.40. The molecule has 3 aromatic carbocycles. The molecule has 0 aliphatic heterocycles. The van der Waals surface area contributed by atoms with Crippen LogP contribution in [0.3, 0.4) is 0 Å². The zero-order valence-corrected chi connectivity index (χ0v) is 13.1. The third kappa shape index (κ3) is 6.41. The largest absolute Gasteiger partial charge is 2.00 e. The molecule has 3 rings (SSSR count). The number of rotatable bonds is 2. The summed E-state index contributed by atoms with van der Waals surface area (Å²) >= 11 is 0. The van der Waals surface area contributed by atoms with Crippen molar-refractivity contribution in [3.8, 4) is 11.8 Å². The van der Waals surface area contributed by atoms with Crippen molar-refractivity contribution < 1.29 is 23.2 Å². The van der Waals surface area contributed by atoms with Crippen molar-refractivity contribution in [2.75, 3.05) is 0 Å². The van der Waals surface area contributed by atoms with Crippen molar-refractivity contribution in [2.45, 2.75) is 6.42 Å². The maximum Gasteiger partial charge on any atom is 2.00 e. The van der Waals surface area contributed by atoms with Gasteiger partial charge in [-0.2, -0.15) is 42.2 Å². The topological polar surface area (TPSA) is 17.1 Å². The Morgan fingerprint density at radius 3 is 2.23 bits per heavy atom. The van der Waals surface area contributed by atoms with E-state index in [1.807, 2.05) is 78.9 Å². The van der Waals surface area contributed by atoms with Crippen molar-refractivity contribution in [2.24, 2.45) is 0 Å². The van der Waals surface area contributed by atoms with Gasteiger partial charge in [-0.3, -0.25) is 0 Å². The molecule has 0 saturated heterocycles. The summed E-state index contributed by atoms with van der Waals surface area (Å²) in [6.07, 6.45) is -0.406. The van der Waals surface area contributed by atoms with E-state index < -0.39 is 6.26 Å². The molecule has 3 aromatic rings. The average molecular weight is 329 g/mol. The van der Waals surface area contributed by atoms with Gasteiger partial charge in [0.2, 0.25) is 0 Å². The van der Waals surface area contributed by atoms with Gasteiger partial charge >= 0.3 is 17.1 Å². The molecular weight excluding hydrogens is 312 g/mol. The molecule has 0 fully saturated rings. The minimum atomic E-state index is -0.569. The minimum Gasteiger partial charge on any atom is -0.303 e. The third-order valence-electron chi connectivity index (χ3n) is 2.80. The number of benzene rings is 1. The molecule has 0 N–H and O–H groups in total. The van der Waals surface area contributed by atoms with Gasteiger partial charge in [0, 0.05) is 6.42 Å². The molecule has 110 valence electrons. The van der Waals surface area contributed by atoms with Crippen molar-refractivity contribution in [3.05, 3.63) is 95.6 Å². The minimum absolute atomic E-state index is 0. The summed E-state index contributed by atoms with van der Waals surface area (Å²) in [6.45, 7) is 0. The quantitative estimate of drug-likeness (QED) is 0.301. The molecule has 0 atom stereocenters. The first-order chi connectivity index (χ1) is 10.7. The standard InChI is InChI=1S/C15H11O.C5H5.Fe/c16-12-11-15-9-7-14(8-10-15)6-5-13-3-1-2-4-13;1-2-4-5-3-1;/h1-4,7-10,12H,11H2;1-5H;/q2*-1;+2/i12D;;. The normalized spacial score (nSPS) is 9.18. The molecule has 22 heavy (non-hydrogen) atoms. The second kappa shape index (κ2) is 10.4. The molecule has 0 amide bonds. The van der Waals surface area contributed by atoms with Crippen molar-refractivity contribution in [1.29, 1.82) is 0 Å². The van der Waals surface area contributed by atoms with Crippen LogP contribution in [-0.4, -0.2) is 6.26 Å². The van der Waals surface area contributed by atoms with Gasteiger partial charge in [0.25, 0.3) is 0 Å². The molecular formula is C20H16FeO. The van der Waals surface area contributed by atoms with Crippen LogP contribution in [0.5, 0.6) is 0 Å². The van der Waals surface area contributed by atoms with E-state index in [1.165, 1.54) is 0 Å². The van der Waals surface area contributed by atoms with E-state index in [4.69, 9.17) is 1.37 Å². The molecule has 0 saturated carbocycles. The van der Waals surface area contributed by atoms with Gasteiger partial charge < -0.3 is 4.79 Å². The molecule has 2 heteroatoms. The molecule has 0 spiro atoms. The maximum absolute atomic E-state index is 10.6. The molecule has 0 aromatic heterocycles. The van der Waals surface area contributed by atoms with Gasteiger partial charge in [-0.25, -0.2) is 12.1 Å². The number of carbonyl (C=O) groups excluding carboxylic acids is 1. The summed E-state index contributed by atoms with van der Waals surface area (Å²) in [5.74, 6) is 6.09. The van der Waals surface area contributed by atoms with E-state index >= 15 is 0 Å². The van der Waals surface area contributed by atoms with Crippen molar-refractivity contribution >= 4 is 6.26 Å². The summed E-state index contributed by atoms with van der Waals surface area (Å²) in [7, 11) is 0. The van der Waals surface area contributed by atoms with Crippen LogP contribution in [0.25, 0.3) is 0 Å². The van der Waals surface area contributed by atoms with Crippen LogP contribution >= 0.6 is 0 Å². The van der Waals surface area contributed by atoms with E-state index in [9.17, 15) is 4.79 Å². The Morgan fingerprint density at radius 2 is 1.73 bits per heavy atom. The Hall–Kier alpha value is -2.33. The average Bonchev–Trinajstić information content (AvgIpc) is 3.22. The SMILES string of the molecule is [2H]C(=O)Cc1ccc(C#C[c-]2cccc2)cc1.[Fe+2].c1cc[cH-]c1. The second-order valence-electron chi connectivity index (χ2n) is 4.40. The van der Waals surface area contributed by atoms with Crippen LogP contribution in [0.2, 0.25) is 0 Å². The summed E-state index contributed by atoms with van der Waals surface area (Å²) in [4.78, 5) is 10.6. The van der Waals surface area contributed by atoms with Crippen LogP contribution in [0, 0.1) is 11.8 Å². The Labute approximate surface area is 143 Å². The Balaban J connectivity index is 0.000000377. The van der Waals surface area contributed by atoms with Crippen LogP contribution < -0.4 is 0 Å². The van der Waals surface area contributed by atoms with Crippen molar-refractivity contribution in [3.63, 3.8) is 0 Å². The van der Waals surface area contributed by atoms with Crippen LogP contribution in [0.15, 0.2) is 78.9 Å². The Kier molecular flexibility index (Phi) is 7.59. The van der Waals surface area contributed by atoms with Crippen LogP contribution in [-0.2, 0) is 28.3 Å². The predicted molar refractivity (Wildman–Crippen MR) is 86.3 cm³/mol. The van der Waals surface area contributed by atoms with Crippen LogP contribution in [0.4, 0.5) is 0 Å². The molecule has 0 aliphatic rings. The first-order valence-corrected chi connectivity index (χ1v) is 6.73. The molecule has 0 bridgehead atoms. The fourth-order valence-corrected chi connectivity index (χ4v) is 1.71. The summed E-state index contributed by atoms with van der Waals surface area (Å²) < 4.78 is 6.88. The van der Waals surface area contributed by atoms with E-state index in [1.54, 1.807) is 0 Å². The molecule has 0 heterocycles. The molecule has 0 aliphatic carbocycles. The zero-order valence-electron chi connectivity index (χ0n) is 13.0. The fourth-order valence-electron chi connectivity index (χ4n) is 1.71. The van der Waals surface area contributed by atoms with Gasteiger partial charge in [0.1, 0.15) is 7.63 Å². The zero-order chi connectivity index (χ0) is 15.6. The maximum atomic E-state index is 10.6. The Bertz CT molecular complexity index is 712. The predicted octanol–water partition coefficient (Wildman–Crippen LogP) is 3.95. The summed E-state index contributed by atoms with van der Waals surface area (Å²) in [6, 6.07) is 25.2. The Morgan fingerprint density at radius 1 is 1.09 bits per heavy atom. The van der Waals surface area contributed by atoms with Gasteiger partial charge in [-0.05, 0) is 11.1 Å². The fraction of sp³-hybridized carbons (Fsp3) is 0.0500. The van der Waals surface area contributed by atoms with Crippen molar-refractivity contribution in [1.82, 2.24) is 0 Å². The number of aldehydes is 1. The molecule has 0 radical (unpaired) electrons. The van der Waals surface area contributed by atoms with E-state index in [0.29, 0.717) is 0 Å². The first-order valence-electron chi connectivity index (χ1n) is 7.23. The summed E-state index contributed by atoms with van der Waals surface area (Å²) in [5, 5.41) is 0. The van der Waals surface area contributed by atoms with Gasteiger partial charge in [-0.15, -0.1) is 12.1 Å². The van der Waals surface area contributed by atoms with Gasteiger partial charge in [0.05, 0.1) is 0 Å². The summed E-state index contributed by atoms with van der Waals surface area (Å²) in [5.41, 5.74) is 2.76. The number of hydrogen-bond acceptors (Lipinski definition) is 1.